The van der Waals surface area contributed by atoms with Crippen molar-refractivity contribution in [3.63, 3.8) is 0 Å². The Bertz CT molecular complexity index is 717. The summed E-state index contributed by atoms with van der Waals surface area (Å²) in [6.07, 6.45) is 1.53. The van der Waals surface area contributed by atoms with Crippen molar-refractivity contribution in [3.05, 3.63) is 65.5 Å². The molecule has 2 N–H and O–H groups in total. The van der Waals surface area contributed by atoms with Crippen molar-refractivity contribution in [2.45, 2.75) is 26.2 Å². The fraction of sp³-hybridized carbons (Fsp3) is 0.263. The van der Waals surface area contributed by atoms with Gasteiger partial charge in [0.05, 0.1) is 6.61 Å². The first-order chi connectivity index (χ1) is 12.1. The van der Waals surface area contributed by atoms with Gasteiger partial charge in [0.15, 0.2) is 0 Å². The van der Waals surface area contributed by atoms with Crippen LogP contribution in [0.25, 0.3) is 0 Å². The van der Waals surface area contributed by atoms with Gasteiger partial charge in [-0.05, 0) is 42.7 Å². The largest absolute Gasteiger partial charge is 0.493 e. The third kappa shape index (κ3) is 6.25. The smallest absolute Gasteiger partial charge is 0.269 e. The molecule has 0 bridgehead atoms. The van der Waals surface area contributed by atoms with Crippen LogP contribution in [0.15, 0.2) is 48.5 Å². The molecule has 0 fully saturated rings. The number of amides is 2. The maximum Gasteiger partial charge on any atom is 0.269 e. The van der Waals surface area contributed by atoms with Crippen molar-refractivity contribution in [2.24, 2.45) is 0 Å². The van der Waals surface area contributed by atoms with Crippen LogP contribution in [-0.4, -0.2) is 18.4 Å². The van der Waals surface area contributed by atoms with E-state index in [4.69, 9.17) is 4.74 Å². The van der Waals surface area contributed by atoms with E-state index in [0.717, 1.165) is 12.0 Å². The van der Waals surface area contributed by atoms with Crippen LogP contribution >= 0.6 is 0 Å². The van der Waals surface area contributed by atoms with Gasteiger partial charge in [-0.2, -0.15) is 0 Å². The molecule has 0 saturated carbocycles. The lowest BCUT2D eigenvalue weighted by atomic mass is 10.1. The Morgan fingerprint density at radius 1 is 1.08 bits per heavy atom. The third-order valence-corrected chi connectivity index (χ3v) is 3.55. The van der Waals surface area contributed by atoms with Crippen LogP contribution in [0, 0.1) is 5.82 Å². The number of carbonyl (C=O) groups excluding carboxylic acids is 2. The van der Waals surface area contributed by atoms with Crippen molar-refractivity contribution in [2.75, 3.05) is 6.61 Å². The van der Waals surface area contributed by atoms with E-state index in [1.165, 1.54) is 12.1 Å². The van der Waals surface area contributed by atoms with Crippen molar-refractivity contribution in [1.82, 2.24) is 10.9 Å². The number of hydrogen-bond donors (Lipinski definition) is 2. The van der Waals surface area contributed by atoms with Crippen LogP contribution in [0.5, 0.6) is 5.75 Å². The third-order valence-electron chi connectivity index (χ3n) is 3.55. The predicted octanol–water partition coefficient (Wildman–Crippen LogP) is 3.01. The zero-order chi connectivity index (χ0) is 18.1. The van der Waals surface area contributed by atoms with Gasteiger partial charge in [0.25, 0.3) is 5.91 Å². The summed E-state index contributed by atoms with van der Waals surface area (Å²) in [5.41, 5.74) is 6.35. The molecule has 2 rings (SSSR count). The molecule has 0 heterocycles. The van der Waals surface area contributed by atoms with Crippen molar-refractivity contribution >= 4 is 11.8 Å². The molecule has 2 aromatic rings. The number of benzene rings is 2. The molecule has 0 atom stereocenters. The van der Waals surface area contributed by atoms with Crippen molar-refractivity contribution in [3.8, 4) is 5.75 Å². The maximum absolute atomic E-state index is 13.0. The van der Waals surface area contributed by atoms with E-state index in [1.807, 2.05) is 19.1 Å². The first kappa shape index (κ1) is 18.4. The first-order valence-electron chi connectivity index (χ1n) is 8.15. The Morgan fingerprint density at radius 3 is 2.52 bits per heavy atom. The molecule has 0 aliphatic carbocycles. The molecule has 0 aromatic heterocycles. The molecule has 0 aliphatic rings. The fourth-order valence-corrected chi connectivity index (χ4v) is 2.13. The second-order valence-corrected chi connectivity index (χ2v) is 5.46. The molecule has 5 nitrogen and oxygen atoms in total. The molecule has 0 unspecified atom stereocenters. The molecule has 132 valence electrons. The van der Waals surface area contributed by atoms with Gasteiger partial charge < -0.3 is 4.74 Å². The number of ether oxygens (including phenoxy) is 1. The fourth-order valence-electron chi connectivity index (χ4n) is 2.13. The Hall–Kier alpha value is -2.89. The average Bonchev–Trinajstić information content (AvgIpc) is 2.63. The van der Waals surface area contributed by atoms with Gasteiger partial charge in [0.1, 0.15) is 11.6 Å². The number of rotatable bonds is 7. The summed E-state index contributed by atoms with van der Waals surface area (Å²) >= 11 is 0. The zero-order valence-electron chi connectivity index (χ0n) is 14.0. The van der Waals surface area contributed by atoms with Crippen molar-refractivity contribution in [1.29, 1.82) is 0 Å². The lowest BCUT2D eigenvalue weighted by Gasteiger charge is -2.09. The van der Waals surface area contributed by atoms with E-state index in [0.29, 0.717) is 17.7 Å². The van der Waals surface area contributed by atoms with Gasteiger partial charge in [-0.15, -0.1) is 0 Å². The highest BCUT2D eigenvalue weighted by atomic mass is 19.1. The number of nitrogens with one attached hydrogen (secondary N) is 2. The molecule has 2 aromatic carbocycles. The quantitative estimate of drug-likeness (QED) is 0.599. The van der Waals surface area contributed by atoms with Gasteiger partial charge in [0.2, 0.25) is 5.91 Å². The molecular weight excluding hydrogens is 323 g/mol. The van der Waals surface area contributed by atoms with Crippen LogP contribution < -0.4 is 15.6 Å². The van der Waals surface area contributed by atoms with Crippen LogP contribution in [0.2, 0.25) is 0 Å². The summed E-state index contributed by atoms with van der Waals surface area (Å²) in [5, 5.41) is 0. The summed E-state index contributed by atoms with van der Waals surface area (Å²) in [7, 11) is 0. The van der Waals surface area contributed by atoms with Crippen LogP contribution in [0.3, 0.4) is 0 Å². The standard InChI is InChI=1S/C19H21FN2O3/c1-2-14-8-10-15(11-9-14)19(24)22-21-18(23)7-4-12-25-17-6-3-5-16(20)13-17/h3,5-6,8-11,13H,2,4,7,12H2,1H3,(H,21,23)(H,22,24). The highest BCUT2D eigenvalue weighted by molar-refractivity contribution is 5.95. The minimum atomic E-state index is -0.370. The Kier molecular flexibility index (Phi) is 6.95. The average molecular weight is 344 g/mol. The first-order valence-corrected chi connectivity index (χ1v) is 8.15. The minimum Gasteiger partial charge on any atom is -0.493 e. The second kappa shape index (κ2) is 9.42. The van der Waals surface area contributed by atoms with Crippen LogP contribution in [0.1, 0.15) is 35.7 Å². The summed E-state index contributed by atoms with van der Waals surface area (Å²) in [5.74, 6) is -0.637. The number of hydrogen-bond acceptors (Lipinski definition) is 3. The SMILES string of the molecule is CCc1ccc(C(=O)NNC(=O)CCCOc2cccc(F)c2)cc1. The summed E-state index contributed by atoms with van der Waals surface area (Å²) in [4.78, 5) is 23.6. The minimum absolute atomic E-state index is 0.185. The highest BCUT2D eigenvalue weighted by Gasteiger charge is 2.07. The zero-order valence-corrected chi connectivity index (χ0v) is 14.0. The number of aryl methyl sites for hydroxylation is 1. The monoisotopic (exact) mass is 344 g/mol. The van der Waals surface area contributed by atoms with Gasteiger partial charge in [-0.1, -0.05) is 25.1 Å². The molecular formula is C19H21FN2O3. The molecule has 0 saturated heterocycles. The molecule has 0 radical (unpaired) electrons. The summed E-state index contributed by atoms with van der Waals surface area (Å²) < 4.78 is 18.3. The number of carbonyl (C=O) groups is 2. The summed E-state index contributed by atoms with van der Waals surface area (Å²) in [6, 6.07) is 13.0. The van der Waals surface area contributed by atoms with Gasteiger partial charge >= 0.3 is 0 Å². The van der Waals surface area contributed by atoms with Crippen LogP contribution in [-0.2, 0) is 11.2 Å². The Labute approximate surface area is 146 Å². The van der Waals surface area contributed by atoms with E-state index in [9.17, 15) is 14.0 Å². The van der Waals surface area contributed by atoms with E-state index in [2.05, 4.69) is 10.9 Å². The molecule has 6 heteroatoms. The second-order valence-electron chi connectivity index (χ2n) is 5.46. The van der Waals surface area contributed by atoms with E-state index in [-0.39, 0.29) is 30.7 Å². The van der Waals surface area contributed by atoms with Gasteiger partial charge in [0, 0.05) is 18.1 Å². The lowest BCUT2D eigenvalue weighted by molar-refractivity contribution is -0.122. The molecule has 0 aliphatic heterocycles. The number of halogens is 1. The lowest BCUT2D eigenvalue weighted by Crippen LogP contribution is -2.41. The van der Waals surface area contributed by atoms with E-state index in [1.54, 1.807) is 24.3 Å². The summed E-state index contributed by atoms with van der Waals surface area (Å²) in [6.45, 7) is 2.32. The maximum atomic E-state index is 13.0. The predicted molar refractivity (Wildman–Crippen MR) is 92.6 cm³/mol. The molecule has 0 spiro atoms. The normalized spacial score (nSPS) is 10.2. The van der Waals surface area contributed by atoms with Gasteiger partial charge in [-0.3, -0.25) is 20.4 Å². The topological polar surface area (TPSA) is 67.4 Å². The highest BCUT2D eigenvalue weighted by Crippen LogP contribution is 2.12. The number of hydrazine groups is 1. The van der Waals surface area contributed by atoms with Crippen molar-refractivity contribution < 1.29 is 18.7 Å². The molecule has 25 heavy (non-hydrogen) atoms. The van der Waals surface area contributed by atoms with Crippen LogP contribution in [0.4, 0.5) is 4.39 Å². The molecule has 2 amide bonds. The van der Waals surface area contributed by atoms with Gasteiger partial charge in [-0.25, -0.2) is 4.39 Å². The van der Waals surface area contributed by atoms with E-state index < -0.39 is 0 Å². The van der Waals surface area contributed by atoms with E-state index >= 15 is 0 Å². The Balaban J connectivity index is 1.65. The Morgan fingerprint density at radius 2 is 1.84 bits per heavy atom.